The zero-order chi connectivity index (χ0) is 17.2. The average molecular weight is 349 g/mol. The second-order valence-corrected chi connectivity index (χ2v) is 8.23. The largest absolute Gasteiger partial charge is 0.380 e. The number of nitrogens with one attached hydrogen (secondary N) is 1. The van der Waals surface area contributed by atoms with Gasteiger partial charge in [-0.1, -0.05) is 12.1 Å². The number of ether oxygens (including phenoxy) is 1. The molecule has 1 saturated heterocycles. The Morgan fingerprint density at radius 1 is 1.29 bits per heavy atom. The molecule has 1 aromatic carbocycles. The Balaban J connectivity index is 1.58. The summed E-state index contributed by atoms with van der Waals surface area (Å²) in [7, 11) is -3.27. The van der Waals surface area contributed by atoms with E-state index in [0.717, 1.165) is 22.6 Å². The minimum atomic E-state index is -3.27. The molecule has 24 heavy (non-hydrogen) atoms. The summed E-state index contributed by atoms with van der Waals surface area (Å²) in [5.41, 5.74) is 4.17. The molecule has 0 unspecified atom stereocenters. The second-order valence-electron chi connectivity index (χ2n) is 6.18. The Morgan fingerprint density at radius 3 is 2.62 bits per heavy atom. The van der Waals surface area contributed by atoms with Gasteiger partial charge in [-0.25, -0.2) is 17.8 Å². The van der Waals surface area contributed by atoms with Gasteiger partial charge in [0.15, 0.2) is 0 Å². The first-order chi connectivity index (χ1) is 11.5. The molecular weight excluding hydrogens is 326 g/mol. The molecule has 7 heteroatoms. The van der Waals surface area contributed by atoms with E-state index in [1.165, 1.54) is 0 Å². The van der Waals surface area contributed by atoms with E-state index in [1.807, 2.05) is 48.9 Å². The SMILES string of the molecule is Cc1cc(C)n(-c2ccc(CCNS(=O)(=O)[C@@H]3CCOC3)cc2)n1. The van der Waals surface area contributed by atoms with E-state index in [2.05, 4.69) is 9.82 Å². The van der Waals surface area contributed by atoms with E-state index >= 15 is 0 Å². The third-order valence-corrected chi connectivity index (χ3v) is 6.09. The first kappa shape index (κ1) is 17.1. The van der Waals surface area contributed by atoms with Crippen LogP contribution in [0.5, 0.6) is 0 Å². The summed E-state index contributed by atoms with van der Waals surface area (Å²) in [5.74, 6) is 0. The average Bonchev–Trinajstić information content (AvgIpc) is 3.18. The van der Waals surface area contributed by atoms with Gasteiger partial charge in [0, 0.05) is 18.8 Å². The molecule has 1 N–H and O–H groups in total. The lowest BCUT2D eigenvalue weighted by Crippen LogP contribution is -2.35. The molecule has 1 atom stereocenters. The van der Waals surface area contributed by atoms with Crippen molar-refractivity contribution in [3.8, 4) is 5.69 Å². The predicted octanol–water partition coefficient (Wildman–Crippen LogP) is 1.74. The molecule has 0 spiro atoms. The third kappa shape index (κ3) is 3.85. The van der Waals surface area contributed by atoms with Crippen LogP contribution in [0.15, 0.2) is 30.3 Å². The molecule has 0 bridgehead atoms. The van der Waals surface area contributed by atoms with Crippen molar-refractivity contribution in [2.24, 2.45) is 0 Å². The number of rotatable bonds is 6. The Kier molecular flexibility index (Phi) is 5.03. The van der Waals surface area contributed by atoms with Crippen LogP contribution < -0.4 is 4.72 Å². The fraction of sp³-hybridized carbons (Fsp3) is 0.471. The lowest BCUT2D eigenvalue weighted by Gasteiger charge is -2.11. The van der Waals surface area contributed by atoms with E-state index in [9.17, 15) is 8.42 Å². The molecular formula is C17H23N3O3S. The maximum atomic E-state index is 12.1. The van der Waals surface area contributed by atoms with E-state index in [1.54, 1.807) is 0 Å². The van der Waals surface area contributed by atoms with Crippen LogP contribution in [0.2, 0.25) is 0 Å². The minimum absolute atomic E-state index is 0.298. The topological polar surface area (TPSA) is 73.2 Å². The normalized spacial score (nSPS) is 18.2. The first-order valence-corrected chi connectivity index (χ1v) is 9.69. The fourth-order valence-corrected chi connectivity index (χ4v) is 4.21. The van der Waals surface area contributed by atoms with Gasteiger partial charge in [0.2, 0.25) is 10.0 Å². The highest BCUT2D eigenvalue weighted by Crippen LogP contribution is 2.14. The molecule has 0 radical (unpaired) electrons. The molecule has 0 aliphatic carbocycles. The monoisotopic (exact) mass is 349 g/mol. The zero-order valence-electron chi connectivity index (χ0n) is 14.0. The van der Waals surface area contributed by atoms with E-state index in [0.29, 0.717) is 32.6 Å². The molecule has 6 nitrogen and oxygen atoms in total. The number of aromatic nitrogens is 2. The summed E-state index contributed by atoms with van der Waals surface area (Å²) in [6.45, 7) is 5.22. The summed E-state index contributed by atoms with van der Waals surface area (Å²) in [4.78, 5) is 0. The highest BCUT2D eigenvalue weighted by atomic mass is 32.2. The first-order valence-electron chi connectivity index (χ1n) is 8.14. The van der Waals surface area contributed by atoms with Crippen LogP contribution in [0, 0.1) is 13.8 Å². The molecule has 1 fully saturated rings. The highest BCUT2D eigenvalue weighted by Gasteiger charge is 2.28. The van der Waals surface area contributed by atoms with Crippen LogP contribution in [-0.4, -0.2) is 43.2 Å². The molecule has 1 aromatic heterocycles. The molecule has 1 aliphatic rings. The van der Waals surface area contributed by atoms with Crippen LogP contribution in [0.3, 0.4) is 0 Å². The number of hydrogen-bond acceptors (Lipinski definition) is 4. The van der Waals surface area contributed by atoms with Crippen molar-refractivity contribution in [2.45, 2.75) is 31.9 Å². The quantitative estimate of drug-likeness (QED) is 0.862. The predicted molar refractivity (Wildman–Crippen MR) is 92.9 cm³/mol. The van der Waals surface area contributed by atoms with Crippen molar-refractivity contribution < 1.29 is 13.2 Å². The molecule has 2 aromatic rings. The van der Waals surface area contributed by atoms with Gasteiger partial charge in [-0.2, -0.15) is 5.10 Å². The van der Waals surface area contributed by atoms with Gasteiger partial charge in [0.1, 0.15) is 5.25 Å². The van der Waals surface area contributed by atoms with Gasteiger partial charge >= 0.3 is 0 Å². The van der Waals surface area contributed by atoms with Crippen LogP contribution in [0.25, 0.3) is 5.69 Å². The molecule has 130 valence electrons. The van der Waals surface area contributed by atoms with Crippen molar-refractivity contribution in [3.63, 3.8) is 0 Å². The Hall–Kier alpha value is -1.70. The van der Waals surface area contributed by atoms with Gasteiger partial charge in [-0.05, 0) is 50.5 Å². The van der Waals surface area contributed by atoms with Crippen molar-refractivity contribution >= 4 is 10.0 Å². The van der Waals surface area contributed by atoms with Crippen LogP contribution >= 0.6 is 0 Å². The molecule has 0 amide bonds. The van der Waals surface area contributed by atoms with Crippen molar-refractivity contribution in [2.75, 3.05) is 19.8 Å². The second kappa shape index (κ2) is 7.04. The fourth-order valence-electron chi connectivity index (χ4n) is 2.91. The summed E-state index contributed by atoms with van der Waals surface area (Å²) in [6.07, 6.45) is 1.23. The number of aryl methyl sites for hydroxylation is 2. The number of hydrogen-bond donors (Lipinski definition) is 1. The number of nitrogens with zero attached hydrogens (tertiary/aromatic N) is 2. The van der Waals surface area contributed by atoms with E-state index in [4.69, 9.17) is 4.74 Å². The summed E-state index contributed by atoms with van der Waals surface area (Å²) < 4.78 is 33.9. The maximum absolute atomic E-state index is 12.1. The van der Waals surface area contributed by atoms with Gasteiger partial charge in [-0.15, -0.1) is 0 Å². The Morgan fingerprint density at radius 2 is 2.04 bits per heavy atom. The Labute approximate surface area is 142 Å². The van der Waals surface area contributed by atoms with Crippen LogP contribution in [-0.2, 0) is 21.2 Å². The zero-order valence-corrected chi connectivity index (χ0v) is 14.8. The van der Waals surface area contributed by atoms with Gasteiger partial charge in [0.05, 0.1) is 18.0 Å². The van der Waals surface area contributed by atoms with E-state index in [-0.39, 0.29) is 0 Å². The number of benzene rings is 1. The molecule has 2 heterocycles. The number of sulfonamides is 1. The third-order valence-electron chi connectivity index (χ3n) is 4.23. The smallest absolute Gasteiger partial charge is 0.216 e. The van der Waals surface area contributed by atoms with Gasteiger partial charge < -0.3 is 4.74 Å². The standard InChI is InChI=1S/C17H23N3O3S/c1-13-11-14(2)20(19-13)16-5-3-15(4-6-16)7-9-18-24(21,22)17-8-10-23-12-17/h3-6,11,17-18H,7-10,12H2,1-2H3/t17-/m1/s1. The van der Waals surface area contributed by atoms with Gasteiger partial charge in [0.25, 0.3) is 0 Å². The summed E-state index contributed by atoms with van der Waals surface area (Å²) in [5, 5.41) is 4.05. The van der Waals surface area contributed by atoms with Crippen LogP contribution in [0.4, 0.5) is 0 Å². The van der Waals surface area contributed by atoms with Crippen LogP contribution in [0.1, 0.15) is 23.4 Å². The van der Waals surface area contributed by atoms with E-state index < -0.39 is 15.3 Å². The summed E-state index contributed by atoms with van der Waals surface area (Å²) in [6, 6.07) is 10.1. The maximum Gasteiger partial charge on any atom is 0.216 e. The molecule has 1 aliphatic heterocycles. The highest BCUT2D eigenvalue weighted by molar-refractivity contribution is 7.90. The minimum Gasteiger partial charge on any atom is -0.380 e. The molecule has 0 saturated carbocycles. The van der Waals surface area contributed by atoms with Crippen molar-refractivity contribution in [1.29, 1.82) is 0 Å². The lowest BCUT2D eigenvalue weighted by molar-refractivity contribution is 0.198. The summed E-state index contributed by atoms with van der Waals surface area (Å²) >= 11 is 0. The van der Waals surface area contributed by atoms with Crippen molar-refractivity contribution in [3.05, 3.63) is 47.3 Å². The van der Waals surface area contributed by atoms with Gasteiger partial charge in [-0.3, -0.25) is 0 Å². The van der Waals surface area contributed by atoms with Crippen molar-refractivity contribution in [1.82, 2.24) is 14.5 Å². The lowest BCUT2D eigenvalue weighted by atomic mass is 10.1. The Bertz CT molecular complexity index is 791. The molecule has 3 rings (SSSR count).